The van der Waals surface area contributed by atoms with Gasteiger partial charge in [0.2, 0.25) is 5.91 Å². The van der Waals surface area contributed by atoms with Crippen LogP contribution < -0.4 is 15.5 Å². The van der Waals surface area contributed by atoms with Crippen molar-refractivity contribution >= 4 is 52.5 Å². The van der Waals surface area contributed by atoms with Gasteiger partial charge >= 0.3 is 6.03 Å². The van der Waals surface area contributed by atoms with Gasteiger partial charge in [0.25, 0.3) is 5.91 Å². The lowest BCUT2D eigenvalue weighted by molar-refractivity contribution is -0.127. The second-order valence-corrected chi connectivity index (χ2v) is 9.77. The first kappa shape index (κ1) is 24.5. The number of urea groups is 1. The Kier molecular flexibility index (Phi) is 6.47. The van der Waals surface area contributed by atoms with Crippen LogP contribution in [0.25, 0.3) is 11.6 Å². The molecule has 0 spiro atoms. The van der Waals surface area contributed by atoms with Gasteiger partial charge in [-0.3, -0.25) is 9.59 Å². The molecule has 182 valence electrons. The standard InChI is InChI=1S/C27H29ClN4O3/c1-6-32-23-13-20(28)18(11-19(23)17(3)14-27(32,4)5)12-22-25(34)31(26(35)30-22)15-24(33)29-21-10-8-7-9-16(21)2/h7-14H,6,15H2,1-5H3,(H,29,33)(H,30,35)/b22-12+. The van der Waals surface area contributed by atoms with Crippen molar-refractivity contribution in [3.63, 3.8) is 0 Å². The molecule has 4 rings (SSSR count). The van der Waals surface area contributed by atoms with Crippen LogP contribution in [0.1, 0.15) is 44.4 Å². The third kappa shape index (κ3) is 4.68. The van der Waals surface area contributed by atoms with Crippen molar-refractivity contribution in [3.05, 3.63) is 69.9 Å². The number of aryl methyl sites for hydroxylation is 1. The molecule has 2 aromatic rings. The number of hydrogen-bond acceptors (Lipinski definition) is 4. The third-order valence-electron chi connectivity index (χ3n) is 6.40. The quantitative estimate of drug-likeness (QED) is 0.444. The van der Waals surface area contributed by atoms with E-state index in [-0.39, 0.29) is 11.2 Å². The van der Waals surface area contributed by atoms with E-state index >= 15 is 0 Å². The van der Waals surface area contributed by atoms with Crippen LogP contribution in [-0.2, 0) is 9.59 Å². The van der Waals surface area contributed by atoms with Gasteiger partial charge in [0.05, 0.1) is 5.54 Å². The highest BCUT2D eigenvalue weighted by Gasteiger charge is 2.36. The monoisotopic (exact) mass is 492 g/mol. The Balaban J connectivity index is 1.58. The van der Waals surface area contributed by atoms with Crippen molar-refractivity contribution in [1.29, 1.82) is 0 Å². The maximum atomic E-state index is 13.0. The first-order valence-corrected chi connectivity index (χ1v) is 11.9. The van der Waals surface area contributed by atoms with Crippen LogP contribution in [0.4, 0.5) is 16.2 Å². The molecule has 0 aromatic heterocycles. The Morgan fingerprint density at radius 2 is 1.89 bits per heavy atom. The highest BCUT2D eigenvalue weighted by atomic mass is 35.5. The molecule has 35 heavy (non-hydrogen) atoms. The van der Waals surface area contributed by atoms with Gasteiger partial charge in [0.15, 0.2) is 0 Å². The van der Waals surface area contributed by atoms with Gasteiger partial charge in [0, 0.05) is 28.5 Å². The Hall–Kier alpha value is -3.58. The van der Waals surface area contributed by atoms with Crippen molar-refractivity contribution in [2.75, 3.05) is 23.3 Å². The van der Waals surface area contributed by atoms with E-state index in [1.54, 1.807) is 18.2 Å². The van der Waals surface area contributed by atoms with Crippen molar-refractivity contribution in [2.24, 2.45) is 0 Å². The summed E-state index contributed by atoms with van der Waals surface area (Å²) >= 11 is 6.62. The Bertz CT molecular complexity index is 1300. The van der Waals surface area contributed by atoms with Gasteiger partial charge in [-0.25, -0.2) is 9.69 Å². The molecule has 1 saturated heterocycles. The number of benzene rings is 2. The molecule has 2 aromatic carbocycles. The lowest BCUT2D eigenvalue weighted by atomic mass is 9.88. The number of halogens is 1. The van der Waals surface area contributed by atoms with E-state index in [1.165, 1.54) is 0 Å². The van der Waals surface area contributed by atoms with Crippen molar-refractivity contribution in [2.45, 2.75) is 40.2 Å². The molecular weight excluding hydrogens is 464 g/mol. The number of amides is 4. The zero-order chi connectivity index (χ0) is 25.5. The molecule has 0 saturated carbocycles. The zero-order valence-electron chi connectivity index (χ0n) is 20.5. The fourth-order valence-electron chi connectivity index (χ4n) is 4.72. The number of nitrogens with zero attached hydrogens (tertiary/aromatic N) is 2. The smallest absolute Gasteiger partial charge is 0.329 e. The average Bonchev–Trinajstić information content (AvgIpc) is 3.03. The lowest BCUT2D eigenvalue weighted by Gasteiger charge is -2.43. The predicted octanol–water partition coefficient (Wildman–Crippen LogP) is 5.20. The van der Waals surface area contributed by atoms with E-state index in [1.807, 2.05) is 31.2 Å². The molecule has 2 heterocycles. The Labute approximate surface area is 210 Å². The molecule has 0 radical (unpaired) electrons. The summed E-state index contributed by atoms with van der Waals surface area (Å²) < 4.78 is 0. The minimum Gasteiger partial charge on any atom is -0.363 e. The van der Waals surface area contributed by atoms with Crippen LogP contribution >= 0.6 is 11.6 Å². The summed E-state index contributed by atoms with van der Waals surface area (Å²) in [4.78, 5) is 41.1. The van der Waals surface area contributed by atoms with Gasteiger partial charge in [0.1, 0.15) is 12.2 Å². The number of anilines is 2. The Morgan fingerprint density at radius 3 is 2.57 bits per heavy atom. The van der Waals surface area contributed by atoms with E-state index in [4.69, 9.17) is 11.6 Å². The number of likely N-dealkylation sites (N-methyl/N-ethyl adjacent to an activating group) is 1. The first-order chi connectivity index (χ1) is 16.5. The summed E-state index contributed by atoms with van der Waals surface area (Å²) in [5.74, 6) is -1.04. The number of nitrogens with one attached hydrogen (secondary N) is 2. The van der Waals surface area contributed by atoms with Gasteiger partial charge in [-0.05, 0) is 75.6 Å². The molecule has 4 amide bonds. The van der Waals surface area contributed by atoms with Gasteiger partial charge in [-0.2, -0.15) is 0 Å². The molecule has 0 bridgehead atoms. The third-order valence-corrected chi connectivity index (χ3v) is 6.72. The molecule has 0 unspecified atom stereocenters. The Morgan fingerprint density at radius 1 is 1.17 bits per heavy atom. The summed E-state index contributed by atoms with van der Waals surface area (Å²) in [5.41, 5.74) is 5.22. The van der Waals surface area contributed by atoms with E-state index in [0.717, 1.165) is 33.8 Å². The summed E-state index contributed by atoms with van der Waals surface area (Å²) in [5, 5.41) is 5.78. The SMILES string of the molecule is CCN1c2cc(Cl)c(/C=C3/NC(=O)N(CC(=O)Nc4ccccc4C)C3=O)cc2C(C)=CC1(C)C. The maximum Gasteiger partial charge on any atom is 0.329 e. The zero-order valence-corrected chi connectivity index (χ0v) is 21.3. The van der Waals surface area contributed by atoms with Gasteiger partial charge in [-0.15, -0.1) is 0 Å². The van der Waals surface area contributed by atoms with Gasteiger partial charge < -0.3 is 15.5 Å². The van der Waals surface area contributed by atoms with Crippen LogP contribution in [0.15, 0.2) is 48.2 Å². The molecule has 1 fully saturated rings. The molecule has 0 atom stereocenters. The first-order valence-electron chi connectivity index (χ1n) is 11.5. The second-order valence-electron chi connectivity index (χ2n) is 9.36. The van der Waals surface area contributed by atoms with E-state index < -0.39 is 24.4 Å². The molecule has 7 nitrogen and oxygen atoms in total. The normalized spacial score (nSPS) is 17.9. The maximum absolute atomic E-state index is 13.0. The van der Waals surface area contributed by atoms with Crippen molar-refractivity contribution in [3.8, 4) is 0 Å². The minimum atomic E-state index is -0.648. The van der Waals surface area contributed by atoms with Crippen molar-refractivity contribution < 1.29 is 14.4 Å². The summed E-state index contributed by atoms with van der Waals surface area (Å²) in [6.07, 6.45) is 3.77. The van der Waals surface area contributed by atoms with Gasteiger partial charge in [-0.1, -0.05) is 35.9 Å². The topological polar surface area (TPSA) is 81.8 Å². The molecule has 2 N–H and O–H groups in total. The average molecular weight is 493 g/mol. The number of carbonyl (C=O) groups excluding carboxylic acids is 3. The number of hydrogen-bond donors (Lipinski definition) is 2. The molecule has 2 aliphatic heterocycles. The summed E-state index contributed by atoms with van der Waals surface area (Å²) in [7, 11) is 0. The van der Waals surface area contributed by atoms with Crippen LogP contribution in [0, 0.1) is 6.92 Å². The van der Waals surface area contributed by atoms with Crippen LogP contribution in [0.3, 0.4) is 0 Å². The lowest BCUT2D eigenvalue weighted by Crippen LogP contribution is -2.44. The molecule has 2 aliphatic rings. The summed E-state index contributed by atoms with van der Waals surface area (Å²) in [6.45, 7) is 10.7. The largest absolute Gasteiger partial charge is 0.363 e. The van der Waals surface area contributed by atoms with E-state index in [9.17, 15) is 14.4 Å². The summed E-state index contributed by atoms with van der Waals surface area (Å²) in [6, 6.07) is 10.5. The highest BCUT2D eigenvalue weighted by Crippen LogP contribution is 2.41. The van der Waals surface area contributed by atoms with Crippen molar-refractivity contribution in [1.82, 2.24) is 10.2 Å². The number of rotatable bonds is 5. The minimum absolute atomic E-state index is 0.0747. The fraction of sp³-hybridized carbons (Fsp3) is 0.296. The van der Waals surface area contributed by atoms with E-state index in [2.05, 4.69) is 49.3 Å². The number of imide groups is 1. The molecule has 8 heteroatoms. The molecule has 0 aliphatic carbocycles. The van der Waals surface area contributed by atoms with Crippen LogP contribution in [-0.4, -0.2) is 41.4 Å². The predicted molar refractivity (Wildman–Crippen MR) is 140 cm³/mol. The number of allylic oxidation sites excluding steroid dienone is 1. The van der Waals surface area contributed by atoms with E-state index in [0.29, 0.717) is 16.3 Å². The van der Waals surface area contributed by atoms with Crippen LogP contribution in [0.2, 0.25) is 5.02 Å². The second kappa shape index (κ2) is 9.23. The number of carbonyl (C=O) groups is 3. The molecular formula is C27H29ClN4O3. The number of fused-ring (bicyclic) bond motifs is 1. The highest BCUT2D eigenvalue weighted by molar-refractivity contribution is 6.32. The number of para-hydroxylation sites is 1. The fourth-order valence-corrected chi connectivity index (χ4v) is 4.93. The van der Waals surface area contributed by atoms with Crippen LogP contribution in [0.5, 0.6) is 0 Å².